The smallest absolute Gasteiger partial charge is 0.259 e. The zero-order valence-electron chi connectivity index (χ0n) is 19.5. The minimum absolute atomic E-state index is 0.296. The molecule has 0 spiro atoms. The second kappa shape index (κ2) is 9.69. The van der Waals surface area contributed by atoms with Gasteiger partial charge < -0.3 is 4.74 Å². The maximum atomic E-state index is 13.3. The lowest BCUT2D eigenvalue weighted by atomic mass is 10.0. The van der Waals surface area contributed by atoms with Gasteiger partial charge in [0.2, 0.25) is 0 Å². The summed E-state index contributed by atoms with van der Waals surface area (Å²) in [4.78, 5) is 34.3. The van der Waals surface area contributed by atoms with Crippen LogP contribution in [0.25, 0.3) is 11.1 Å². The second-order valence-corrected chi connectivity index (χ2v) is 9.86. The highest BCUT2D eigenvalue weighted by molar-refractivity contribution is 7.15. The van der Waals surface area contributed by atoms with Crippen LogP contribution >= 0.6 is 22.9 Å². The van der Waals surface area contributed by atoms with Gasteiger partial charge in [-0.3, -0.25) is 25.0 Å². The van der Waals surface area contributed by atoms with Gasteiger partial charge in [-0.15, -0.1) is 11.3 Å². The van der Waals surface area contributed by atoms with E-state index >= 15 is 0 Å². The first-order valence-corrected chi connectivity index (χ1v) is 12.2. The average Bonchev–Trinajstić information content (AvgIpc) is 3.38. The van der Waals surface area contributed by atoms with Crippen molar-refractivity contribution in [3.8, 4) is 16.9 Å². The molecule has 8 nitrogen and oxygen atoms in total. The summed E-state index contributed by atoms with van der Waals surface area (Å²) < 4.78 is 5.45. The first kappa shape index (κ1) is 23.3. The highest BCUT2D eigenvalue weighted by atomic mass is 35.5. The van der Waals surface area contributed by atoms with Crippen LogP contribution in [0, 0.1) is 13.8 Å². The number of hydrogen-bond acceptors (Lipinski definition) is 8. The maximum absolute atomic E-state index is 13.3. The number of pyridine rings is 3. The number of carbonyl (C=O) groups excluding carboxylic acids is 1. The lowest BCUT2D eigenvalue weighted by Crippen LogP contribution is -2.17. The van der Waals surface area contributed by atoms with E-state index in [0.29, 0.717) is 32.7 Å². The molecule has 1 aliphatic heterocycles. The largest absolute Gasteiger partial charge is 0.494 e. The second-order valence-electron chi connectivity index (χ2n) is 8.39. The number of nitrogens with one attached hydrogen (secondary N) is 1. The van der Waals surface area contributed by atoms with Crippen LogP contribution in [-0.4, -0.2) is 37.9 Å². The number of rotatable bonds is 6. The zero-order valence-corrected chi connectivity index (χ0v) is 21.1. The molecule has 0 atom stereocenters. The molecule has 0 saturated carbocycles. The monoisotopic (exact) mass is 506 g/mol. The Morgan fingerprint density at radius 3 is 2.71 bits per heavy atom. The number of aromatic nitrogens is 4. The molecule has 10 heteroatoms. The quantitative estimate of drug-likeness (QED) is 0.366. The number of halogens is 1. The standard InChI is InChI=1S/C25H23ClN6O2S/c1-14-4-5-16(28-8-14)11-32-12-20-22(13-32)35-25(30-20)31-24(33)19-9-27-15(2)6-17(19)18-7-23(26)29-10-21(18)34-3/h4-10H,11-13H2,1-3H3,(H,30,31,33). The highest BCUT2D eigenvalue weighted by Gasteiger charge is 2.25. The normalized spacial score (nSPS) is 13.0. The number of carbonyl (C=O) groups is 1. The molecule has 1 aliphatic rings. The van der Waals surface area contributed by atoms with Crippen molar-refractivity contribution in [1.82, 2.24) is 24.8 Å². The van der Waals surface area contributed by atoms with Crippen LogP contribution in [0.2, 0.25) is 5.15 Å². The van der Waals surface area contributed by atoms with Crippen molar-refractivity contribution >= 4 is 34.0 Å². The van der Waals surface area contributed by atoms with Crippen molar-refractivity contribution in [2.75, 3.05) is 12.4 Å². The summed E-state index contributed by atoms with van der Waals surface area (Å²) in [6, 6.07) is 7.64. The van der Waals surface area contributed by atoms with Crippen LogP contribution in [0.5, 0.6) is 5.75 Å². The summed E-state index contributed by atoms with van der Waals surface area (Å²) >= 11 is 7.63. The third-order valence-corrected chi connectivity index (χ3v) is 6.93. The summed E-state index contributed by atoms with van der Waals surface area (Å²) in [7, 11) is 1.55. The number of aryl methyl sites for hydroxylation is 2. The third kappa shape index (κ3) is 5.02. The van der Waals surface area contributed by atoms with Crippen LogP contribution in [-0.2, 0) is 19.6 Å². The Hall–Kier alpha value is -3.40. The molecule has 0 fully saturated rings. The number of ether oxygens (including phenoxy) is 1. The van der Waals surface area contributed by atoms with E-state index in [-0.39, 0.29) is 5.91 Å². The average molecular weight is 507 g/mol. The van der Waals surface area contributed by atoms with Crippen LogP contribution in [0.4, 0.5) is 5.13 Å². The summed E-state index contributed by atoms with van der Waals surface area (Å²) in [5.74, 6) is 0.223. The summed E-state index contributed by atoms with van der Waals surface area (Å²) in [6.45, 7) is 6.16. The van der Waals surface area contributed by atoms with Crippen molar-refractivity contribution in [3.63, 3.8) is 0 Å². The number of thiazole rings is 1. The van der Waals surface area contributed by atoms with Gasteiger partial charge in [-0.1, -0.05) is 17.7 Å². The summed E-state index contributed by atoms with van der Waals surface area (Å²) in [5.41, 5.74) is 5.67. The van der Waals surface area contributed by atoms with E-state index < -0.39 is 0 Å². The van der Waals surface area contributed by atoms with Gasteiger partial charge in [-0.05, 0) is 37.6 Å². The Morgan fingerprint density at radius 1 is 1.11 bits per heavy atom. The van der Waals surface area contributed by atoms with Gasteiger partial charge in [0, 0.05) is 53.7 Å². The van der Waals surface area contributed by atoms with Gasteiger partial charge in [0.05, 0.1) is 30.3 Å². The van der Waals surface area contributed by atoms with E-state index in [1.54, 1.807) is 25.6 Å². The highest BCUT2D eigenvalue weighted by Crippen LogP contribution is 2.35. The van der Waals surface area contributed by atoms with Gasteiger partial charge in [0.15, 0.2) is 5.13 Å². The fraction of sp³-hybridized carbons (Fsp3) is 0.240. The fourth-order valence-electron chi connectivity index (χ4n) is 4.01. The predicted octanol–water partition coefficient (Wildman–Crippen LogP) is 5.04. The molecule has 4 aromatic heterocycles. The topological polar surface area (TPSA) is 93.1 Å². The van der Waals surface area contributed by atoms with Crippen molar-refractivity contribution in [3.05, 3.63) is 81.1 Å². The number of nitrogens with zero attached hydrogens (tertiary/aromatic N) is 5. The Morgan fingerprint density at radius 2 is 1.97 bits per heavy atom. The molecular weight excluding hydrogens is 484 g/mol. The Bertz CT molecular complexity index is 1380. The van der Waals surface area contributed by atoms with E-state index in [1.165, 1.54) is 11.3 Å². The molecule has 0 radical (unpaired) electrons. The van der Waals surface area contributed by atoms with Crippen molar-refractivity contribution in [2.24, 2.45) is 0 Å². The lowest BCUT2D eigenvalue weighted by molar-refractivity contribution is 0.102. The van der Waals surface area contributed by atoms with Gasteiger partial charge in [0.1, 0.15) is 10.9 Å². The minimum atomic E-state index is -0.296. The molecule has 0 bridgehead atoms. The minimum Gasteiger partial charge on any atom is -0.494 e. The SMILES string of the molecule is COc1cnc(Cl)cc1-c1cc(C)ncc1C(=O)Nc1nc2c(s1)CN(Cc1ccc(C)cn1)C2. The van der Waals surface area contributed by atoms with Crippen LogP contribution in [0.3, 0.4) is 0 Å². The fourth-order valence-corrected chi connectivity index (χ4v) is 5.17. The Balaban J connectivity index is 1.33. The Kier molecular flexibility index (Phi) is 6.46. The number of hydrogen-bond donors (Lipinski definition) is 1. The van der Waals surface area contributed by atoms with E-state index in [9.17, 15) is 4.79 Å². The van der Waals surface area contributed by atoms with Crippen molar-refractivity contribution in [1.29, 1.82) is 0 Å². The molecule has 178 valence electrons. The first-order chi connectivity index (χ1) is 16.9. The van der Waals surface area contributed by atoms with E-state index in [1.807, 2.05) is 26.1 Å². The third-order valence-electron chi connectivity index (χ3n) is 5.73. The van der Waals surface area contributed by atoms with E-state index in [0.717, 1.165) is 47.2 Å². The van der Waals surface area contributed by atoms with Gasteiger partial charge >= 0.3 is 0 Å². The number of amides is 1. The van der Waals surface area contributed by atoms with E-state index in [2.05, 4.69) is 42.3 Å². The molecule has 0 aromatic carbocycles. The maximum Gasteiger partial charge on any atom is 0.259 e. The number of anilines is 1. The zero-order chi connectivity index (χ0) is 24.5. The number of methoxy groups -OCH3 is 1. The first-order valence-electron chi connectivity index (χ1n) is 11.0. The summed E-state index contributed by atoms with van der Waals surface area (Å²) in [5, 5.41) is 3.83. The number of fused-ring (bicyclic) bond motifs is 1. The lowest BCUT2D eigenvalue weighted by Gasteiger charge is -2.14. The van der Waals surface area contributed by atoms with Crippen molar-refractivity contribution in [2.45, 2.75) is 33.5 Å². The van der Waals surface area contributed by atoms with Crippen LogP contribution < -0.4 is 10.1 Å². The molecule has 1 N–H and O–H groups in total. The molecular formula is C25H23ClN6O2S. The molecule has 5 heterocycles. The van der Waals surface area contributed by atoms with Gasteiger partial charge in [-0.2, -0.15) is 0 Å². The van der Waals surface area contributed by atoms with Gasteiger partial charge in [-0.25, -0.2) is 9.97 Å². The molecule has 0 unspecified atom stereocenters. The molecule has 0 aliphatic carbocycles. The van der Waals surface area contributed by atoms with Gasteiger partial charge in [0.25, 0.3) is 5.91 Å². The van der Waals surface area contributed by atoms with Crippen LogP contribution in [0.1, 0.15) is 37.9 Å². The predicted molar refractivity (Wildman–Crippen MR) is 136 cm³/mol. The molecule has 0 saturated heterocycles. The molecule has 5 rings (SSSR count). The molecule has 35 heavy (non-hydrogen) atoms. The van der Waals surface area contributed by atoms with Crippen LogP contribution in [0.15, 0.2) is 42.9 Å². The Labute approximate surface area is 212 Å². The molecule has 4 aromatic rings. The van der Waals surface area contributed by atoms with E-state index in [4.69, 9.17) is 16.3 Å². The molecule has 1 amide bonds. The summed E-state index contributed by atoms with van der Waals surface area (Å²) in [6.07, 6.45) is 4.99. The van der Waals surface area contributed by atoms with Crippen molar-refractivity contribution < 1.29 is 9.53 Å².